The van der Waals surface area contributed by atoms with Crippen molar-refractivity contribution in [3.63, 3.8) is 0 Å². The van der Waals surface area contributed by atoms with Gasteiger partial charge in [0.05, 0.1) is 6.54 Å². The number of cyclic esters (lactones) is 1. The quantitative estimate of drug-likeness (QED) is 0.510. The molecule has 55 valence electrons. The summed E-state index contributed by atoms with van der Waals surface area (Å²) in [5, 5.41) is 0. The third kappa shape index (κ3) is 1.37. The van der Waals surface area contributed by atoms with Gasteiger partial charge in [0.2, 0.25) is 0 Å². The Bertz CT molecular complexity index is 168. The van der Waals surface area contributed by atoms with E-state index in [1.54, 1.807) is 0 Å². The van der Waals surface area contributed by atoms with Gasteiger partial charge in [0, 0.05) is 0 Å². The van der Waals surface area contributed by atoms with Crippen molar-refractivity contribution in [2.45, 2.75) is 0 Å². The summed E-state index contributed by atoms with van der Waals surface area (Å²) in [6.07, 6.45) is -0.499. The van der Waals surface area contributed by atoms with Crippen molar-refractivity contribution in [1.29, 1.82) is 0 Å². The van der Waals surface area contributed by atoms with Gasteiger partial charge in [-0.05, 0) is 0 Å². The number of hydrogen-bond acceptors (Lipinski definition) is 3. The van der Waals surface area contributed by atoms with Gasteiger partial charge in [0.1, 0.15) is 13.2 Å². The number of nitrogens with one attached hydrogen (secondary N) is 1. The molecule has 0 atom stereocenters. The monoisotopic (exact) mass is 143 g/mol. The van der Waals surface area contributed by atoms with E-state index in [1.165, 1.54) is 4.90 Å². The number of nitrogens with zero attached hydrogens (tertiary/aromatic N) is 1. The second-order valence-corrected chi connectivity index (χ2v) is 1.96. The summed E-state index contributed by atoms with van der Waals surface area (Å²) < 4.78 is 4.52. The van der Waals surface area contributed by atoms with Crippen LogP contribution >= 0.6 is 0 Å². The summed E-state index contributed by atoms with van der Waals surface area (Å²) in [4.78, 5) is 21.9. The molecule has 0 bridgehead atoms. The highest BCUT2D eigenvalue weighted by Gasteiger charge is 2.22. The lowest BCUT2D eigenvalue weighted by Crippen LogP contribution is -2.30. The van der Waals surface area contributed by atoms with Crippen LogP contribution in [0.15, 0.2) is 0 Å². The molecule has 1 aliphatic heterocycles. The average molecular weight is 143 g/mol. The molecule has 0 aliphatic carbocycles. The van der Waals surface area contributed by atoms with E-state index < -0.39 is 12.0 Å². The number of amides is 2. The van der Waals surface area contributed by atoms with Gasteiger partial charge in [-0.2, -0.15) is 0 Å². The normalized spacial score (nSPS) is 17.2. The van der Waals surface area contributed by atoms with Gasteiger partial charge in [-0.15, -0.1) is 0 Å². The summed E-state index contributed by atoms with van der Waals surface area (Å²) in [6.45, 7) is 0.592. The highest BCUT2D eigenvalue weighted by atomic mass is 16.6. The maximum Gasteiger partial charge on any atom is 0.410 e. The van der Waals surface area contributed by atoms with Crippen molar-refractivity contribution in [2.24, 2.45) is 0 Å². The molecular formula is C5H7N2O3. The molecule has 10 heavy (non-hydrogen) atoms. The Morgan fingerprint density at radius 1 is 1.80 bits per heavy atom. The lowest BCUT2D eigenvalue weighted by atomic mass is 10.5. The zero-order valence-corrected chi connectivity index (χ0v) is 5.29. The predicted molar refractivity (Wildman–Crippen MR) is 31.0 cm³/mol. The molecule has 1 aliphatic rings. The second-order valence-electron chi connectivity index (χ2n) is 1.96. The van der Waals surface area contributed by atoms with Crippen LogP contribution in [0.5, 0.6) is 0 Å². The fourth-order valence-corrected chi connectivity index (χ4v) is 0.743. The molecule has 2 amide bonds. The first-order valence-electron chi connectivity index (χ1n) is 2.86. The fraction of sp³-hybridized carbons (Fsp3) is 0.600. The standard InChI is InChI=1S/C5H7N2O3/c6-4(8)3-7-1-2-10-5(7)9/h6H,1-3H2. The molecule has 0 saturated carbocycles. The molecule has 1 fully saturated rings. The Balaban J connectivity index is 2.40. The van der Waals surface area contributed by atoms with Gasteiger partial charge in [0.25, 0.3) is 5.91 Å². The first-order valence-corrected chi connectivity index (χ1v) is 2.86. The molecule has 1 N–H and O–H groups in total. The minimum absolute atomic E-state index is 0.154. The fourth-order valence-electron chi connectivity index (χ4n) is 0.743. The van der Waals surface area contributed by atoms with E-state index in [-0.39, 0.29) is 6.54 Å². The third-order valence-corrected chi connectivity index (χ3v) is 1.18. The van der Waals surface area contributed by atoms with E-state index in [9.17, 15) is 9.59 Å². The van der Waals surface area contributed by atoms with E-state index in [0.29, 0.717) is 13.2 Å². The summed E-state index contributed by atoms with van der Waals surface area (Å²) >= 11 is 0. The van der Waals surface area contributed by atoms with Gasteiger partial charge in [-0.1, -0.05) is 0 Å². The Morgan fingerprint density at radius 2 is 2.50 bits per heavy atom. The lowest BCUT2D eigenvalue weighted by molar-refractivity contribution is -0.119. The zero-order chi connectivity index (χ0) is 7.56. The molecule has 1 saturated heterocycles. The highest BCUT2D eigenvalue weighted by molar-refractivity contribution is 5.80. The van der Waals surface area contributed by atoms with Crippen LogP contribution < -0.4 is 5.73 Å². The van der Waals surface area contributed by atoms with Crippen LogP contribution in [0.1, 0.15) is 0 Å². The number of rotatable bonds is 2. The van der Waals surface area contributed by atoms with Crippen molar-refractivity contribution in [2.75, 3.05) is 19.7 Å². The van der Waals surface area contributed by atoms with Crippen molar-refractivity contribution in [1.82, 2.24) is 10.6 Å². The molecule has 0 aromatic carbocycles. The van der Waals surface area contributed by atoms with E-state index in [4.69, 9.17) is 5.73 Å². The maximum atomic E-state index is 10.6. The van der Waals surface area contributed by atoms with Gasteiger partial charge < -0.3 is 4.74 Å². The number of hydrogen-bond donors (Lipinski definition) is 0. The number of carbonyl (C=O) groups is 2. The van der Waals surface area contributed by atoms with Crippen LogP contribution in [-0.2, 0) is 9.53 Å². The van der Waals surface area contributed by atoms with Crippen LogP contribution in [0.3, 0.4) is 0 Å². The zero-order valence-electron chi connectivity index (χ0n) is 5.29. The molecule has 1 rings (SSSR count). The maximum absolute atomic E-state index is 10.6. The highest BCUT2D eigenvalue weighted by Crippen LogP contribution is 2.00. The van der Waals surface area contributed by atoms with E-state index in [2.05, 4.69) is 4.74 Å². The molecule has 0 aromatic rings. The molecule has 0 aromatic heterocycles. The molecule has 1 radical (unpaired) electrons. The van der Waals surface area contributed by atoms with Gasteiger partial charge in [-0.25, -0.2) is 4.79 Å². The largest absolute Gasteiger partial charge is 0.448 e. The third-order valence-electron chi connectivity index (χ3n) is 1.18. The Hall–Kier alpha value is -1.26. The van der Waals surface area contributed by atoms with E-state index in [0.717, 1.165) is 0 Å². The summed E-state index contributed by atoms with van der Waals surface area (Å²) in [6, 6.07) is 0. The summed E-state index contributed by atoms with van der Waals surface area (Å²) in [5.41, 5.74) is 6.54. The Kier molecular flexibility index (Phi) is 1.75. The first kappa shape index (κ1) is 6.85. The van der Waals surface area contributed by atoms with Crippen molar-refractivity contribution >= 4 is 12.0 Å². The second kappa shape index (κ2) is 2.55. The van der Waals surface area contributed by atoms with Gasteiger partial charge in [0.15, 0.2) is 0 Å². The molecule has 0 spiro atoms. The number of carbonyl (C=O) groups excluding carboxylic acids is 2. The van der Waals surface area contributed by atoms with Gasteiger partial charge >= 0.3 is 6.09 Å². The van der Waals surface area contributed by atoms with E-state index in [1.807, 2.05) is 0 Å². The Labute approximate surface area is 57.7 Å². The van der Waals surface area contributed by atoms with Crippen LogP contribution in [-0.4, -0.2) is 36.6 Å². The van der Waals surface area contributed by atoms with Crippen LogP contribution in [0.2, 0.25) is 0 Å². The predicted octanol–water partition coefficient (Wildman–Crippen LogP) is -0.752. The van der Waals surface area contributed by atoms with Crippen molar-refractivity contribution in [3.05, 3.63) is 0 Å². The van der Waals surface area contributed by atoms with Crippen LogP contribution in [0.4, 0.5) is 4.79 Å². The van der Waals surface area contributed by atoms with Gasteiger partial charge in [-0.3, -0.25) is 15.4 Å². The molecular weight excluding hydrogens is 136 g/mol. The Morgan fingerprint density at radius 3 is 2.90 bits per heavy atom. The molecule has 0 unspecified atom stereocenters. The lowest BCUT2D eigenvalue weighted by Gasteiger charge is -2.07. The first-order chi connectivity index (χ1) is 4.70. The molecule has 1 heterocycles. The van der Waals surface area contributed by atoms with Crippen LogP contribution in [0.25, 0.3) is 0 Å². The number of ether oxygens (including phenoxy) is 1. The average Bonchev–Trinajstić information content (AvgIpc) is 2.15. The SMILES string of the molecule is [NH]C(=O)CN1CCOC1=O. The molecule has 5 heteroatoms. The topological polar surface area (TPSA) is 70.4 Å². The molecule has 5 nitrogen and oxygen atoms in total. The van der Waals surface area contributed by atoms with Crippen molar-refractivity contribution in [3.8, 4) is 0 Å². The van der Waals surface area contributed by atoms with E-state index >= 15 is 0 Å². The minimum atomic E-state index is -0.765. The minimum Gasteiger partial charge on any atom is -0.448 e. The summed E-state index contributed by atoms with van der Waals surface area (Å²) in [5.74, 6) is -0.765. The van der Waals surface area contributed by atoms with Crippen LogP contribution in [0, 0.1) is 0 Å². The van der Waals surface area contributed by atoms with Crippen molar-refractivity contribution < 1.29 is 14.3 Å². The summed E-state index contributed by atoms with van der Waals surface area (Å²) in [7, 11) is 0. The smallest absolute Gasteiger partial charge is 0.410 e.